The van der Waals surface area contributed by atoms with Crippen LogP contribution in [-0.2, 0) is 16.0 Å². The van der Waals surface area contributed by atoms with E-state index >= 15 is 0 Å². The van der Waals surface area contributed by atoms with Crippen LogP contribution in [0.3, 0.4) is 0 Å². The lowest BCUT2D eigenvalue weighted by atomic mass is 9.96. The topological polar surface area (TPSA) is 115 Å². The van der Waals surface area contributed by atoms with Crippen LogP contribution in [0.15, 0.2) is 30.7 Å². The summed E-state index contributed by atoms with van der Waals surface area (Å²) in [6, 6.07) is 4.03. The third-order valence-corrected chi connectivity index (χ3v) is 6.36. The van der Waals surface area contributed by atoms with Crippen LogP contribution in [0.2, 0.25) is 0 Å². The quantitative estimate of drug-likeness (QED) is 0.589. The number of aromatic nitrogens is 2. The van der Waals surface area contributed by atoms with Gasteiger partial charge in [-0.1, -0.05) is 0 Å². The number of fused-ring (bicyclic) bond motifs is 1. The maximum atomic E-state index is 13.3. The van der Waals surface area contributed by atoms with Gasteiger partial charge in [0, 0.05) is 68.7 Å². The van der Waals surface area contributed by atoms with Crippen molar-refractivity contribution in [3.8, 4) is 5.75 Å². The molecule has 0 radical (unpaired) electrons. The van der Waals surface area contributed by atoms with Gasteiger partial charge in [-0.15, -0.1) is 0 Å². The zero-order chi connectivity index (χ0) is 23.0. The Morgan fingerprint density at radius 1 is 1.24 bits per heavy atom. The summed E-state index contributed by atoms with van der Waals surface area (Å²) < 4.78 is 11.7. The van der Waals surface area contributed by atoms with Crippen molar-refractivity contribution in [3.63, 3.8) is 0 Å². The molecule has 4 N–H and O–H groups in total. The first-order chi connectivity index (χ1) is 15.9. The van der Waals surface area contributed by atoms with E-state index in [-0.39, 0.29) is 17.1 Å². The summed E-state index contributed by atoms with van der Waals surface area (Å²) in [5.41, 5.74) is 9.56. The van der Waals surface area contributed by atoms with Gasteiger partial charge in [-0.3, -0.25) is 4.79 Å². The summed E-state index contributed by atoms with van der Waals surface area (Å²) in [5.74, 6) is 1.25. The van der Waals surface area contributed by atoms with Crippen LogP contribution in [0.1, 0.15) is 36.7 Å². The molecule has 1 aromatic carbocycles. The van der Waals surface area contributed by atoms with Crippen LogP contribution in [0.5, 0.6) is 5.75 Å². The molecule has 9 nitrogen and oxygen atoms in total. The molecule has 0 spiro atoms. The van der Waals surface area contributed by atoms with Crippen molar-refractivity contribution in [2.24, 2.45) is 5.73 Å². The number of morpholine rings is 1. The molecule has 0 unspecified atom stereocenters. The lowest BCUT2D eigenvalue weighted by Crippen LogP contribution is -2.40. The van der Waals surface area contributed by atoms with Crippen molar-refractivity contribution >= 4 is 22.9 Å². The molecule has 1 amide bonds. The molecule has 2 saturated heterocycles. The molecule has 0 bridgehead atoms. The van der Waals surface area contributed by atoms with E-state index in [1.54, 1.807) is 12.4 Å². The number of carbonyl (C=O) groups is 1. The van der Waals surface area contributed by atoms with Crippen LogP contribution in [-0.4, -0.2) is 60.9 Å². The Kier molecular flexibility index (Phi) is 5.67. The second kappa shape index (κ2) is 8.64. The summed E-state index contributed by atoms with van der Waals surface area (Å²) >= 11 is 0. The molecule has 3 aliphatic heterocycles. The number of nitrogens with zero attached hydrogens (tertiary/aromatic N) is 3. The van der Waals surface area contributed by atoms with E-state index in [1.807, 2.05) is 12.1 Å². The number of nitrogens with one attached hydrogen (secondary N) is 2. The third kappa shape index (κ3) is 4.38. The lowest BCUT2D eigenvalue weighted by molar-refractivity contribution is -0.111. The zero-order valence-electron chi connectivity index (χ0n) is 19.1. The van der Waals surface area contributed by atoms with Crippen LogP contribution >= 0.6 is 0 Å². The molecule has 0 atom stereocenters. The summed E-state index contributed by atoms with van der Waals surface area (Å²) in [4.78, 5) is 24.3. The van der Waals surface area contributed by atoms with Gasteiger partial charge < -0.3 is 30.7 Å². The lowest BCUT2D eigenvalue weighted by Gasteiger charge is -2.31. The molecular formula is C24H30N6O3. The molecule has 1 aromatic heterocycles. The van der Waals surface area contributed by atoms with Crippen molar-refractivity contribution in [3.05, 3.63) is 47.7 Å². The monoisotopic (exact) mass is 450 g/mol. The molecule has 0 saturated carbocycles. The highest BCUT2D eigenvalue weighted by Crippen LogP contribution is 2.42. The number of hydrogen-bond acceptors (Lipinski definition) is 8. The Bertz CT molecular complexity index is 1070. The van der Waals surface area contributed by atoms with Crippen LogP contribution < -0.4 is 26.0 Å². The van der Waals surface area contributed by atoms with Gasteiger partial charge in [0.25, 0.3) is 5.91 Å². The standard InChI is InChI=1S/C24H30N6O3/c1-24(2)9-15-7-19(20(8-21(15)33-24)30-3-5-32-6-4-30)29-23(31)18(10-25)22-27-13-17(14-28-22)16-11-26-12-16/h7-8,10,13-14,16,26H,3-6,9,11-12,25H2,1-2H3,(H,29,31). The van der Waals surface area contributed by atoms with Gasteiger partial charge in [0.05, 0.1) is 30.2 Å². The number of hydrogen-bond donors (Lipinski definition) is 3. The van der Waals surface area contributed by atoms with Gasteiger partial charge in [0.1, 0.15) is 11.4 Å². The minimum atomic E-state index is -0.344. The van der Waals surface area contributed by atoms with E-state index in [2.05, 4.69) is 39.3 Å². The Hall–Kier alpha value is -3.17. The Morgan fingerprint density at radius 3 is 2.61 bits per heavy atom. The number of ether oxygens (including phenoxy) is 2. The van der Waals surface area contributed by atoms with Crippen molar-refractivity contribution in [1.29, 1.82) is 0 Å². The minimum absolute atomic E-state index is 0.235. The number of amides is 1. The van der Waals surface area contributed by atoms with Gasteiger partial charge in [0.15, 0.2) is 5.82 Å². The van der Waals surface area contributed by atoms with Gasteiger partial charge >= 0.3 is 0 Å². The van der Waals surface area contributed by atoms with E-state index in [0.717, 1.165) is 60.9 Å². The van der Waals surface area contributed by atoms with Crippen LogP contribution in [0, 0.1) is 0 Å². The van der Waals surface area contributed by atoms with E-state index in [0.29, 0.717) is 25.0 Å². The van der Waals surface area contributed by atoms with Crippen molar-refractivity contribution in [2.45, 2.75) is 31.8 Å². The molecule has 3 aliphatic rings. The van der Waals surface area contributed by atoms with Crippen LogP contribution in [0.4, 0.5) is 11.4 Å². The first-order valence-electron chi connectivity index (χ1n) is 11.4. The van der Waals surface area contributed by atoms with Crippen molar-refractivity contribution < 1.29 is 14.3 Å². The molecule has 33 heavy (non-hydrogen) atoms. The fourth-order valence-electron chi connectivity index (χ4n) is 4.46. The first-order valence-corrected chi connectivity index (χ1v) is 11.4. The van der Waals surface area contributed by atoms with Gasteiger partial charge in [-0.2, -0.15) is 0 Å². The summed E-state index contributed by atoms with van der Waals surface area (Å²) in [7, 11) is 0. The predicted octanol–water partition coefficient (Wildman–Crippen LogP) is 1.65. The molecular weight excluding hydrogens is 420 g/mol. The molecule has 9 heteroatoms. The third-order valence-electron chi connectivity index (χ3n) is 6.36. The fourth-order valence-corrected chi connectivity index (χ4v) is 4.46. The summed E-state index contributed by atoms with van der Waals surface area (Å²) in [6.45, 7) is 8.74. The highest BCUT2D eigenvalue weighted by atomic mass is 16.5. The van der Waals surface area contributed by atoms with E-state index in [4.69, 9.17) is 15.2 Å². The molecule has 174 valence electrons. The molecule has 2 fully saturated rings. The van der Waals surface area contributed by atoms with Gasteiger partial charge in [0.2, 0.25) is 0 Å². The molecule has 5 rings (SSSR count). The largest absolute Gasteiger partial charge is 0.487 e. The number of anilines is 2. The fraction of sp³-hybridized carbons (Fsp3) is 0.458. The average Bonchev–Trinajstić information content (AvgIpc) is 3.07. The molecule has 2 aromatic rings. The van der Waals surface area contributed by atoms with Crippen molar-refractivity contribution in [2.75, 3.05) is 49.6 Å². The highest BCUT2D eigenvalue weighted by molar-refractivity contribution is 6.24. The maximum Gasteiger partial charge on any atom is 0.261 e. The smallest absolute Gasteiger partial charge is 0.261 e. The summed E-state index contributed by atoms with van der Waals surface area (Å²) in [6.07, 6.45) is 5.59. The number of carbonyl (C=O) groups excluding carboxylic acids is 1. The van der Waals surface area contributed by atoms with E-state index < -0.39 is 0 Å². The van der Waals surface area contributed by atoms with E-state index in [9.17, 15) is 4.79 Å². The number of rotatable bonds is 5. The Labute approximate surface area is 193 Å². The Balaban J connectivity index is 1.41. The summed E-state index contributed by atoms with van der Waals surface area (Å²) in [5, 5.41) is 6.30. The molecule has 4 heterocycles. The van der Waals surface area contributed by atoms with E-state index in [1.165, 1.54) is 6.20 Å². The van der Waals surface area contributed by atoms with Crippen LogP contribution in [0.25, 0.3) is 5.57 Å². The maximum absolute atomic E-state index is 13.3. The average molecular weight is 451 g/mol. The second-order valence-electron chi connectivity index (χ2n) is 9.34. The SMILES string of the molecule is CC1(C)Cc2cc(NC(=O)C(=CN)c3ncc(C4CNC4)cn3)c(N3CCOCC3)cc2O1. The van der Waals surface area contributed by atoms with Gasteiger partial charge in [-0.05, 0) is 25.5 Å². The van der Waals surface area contributed by atoms with Gasteiger partial charge in [-0.25, -0.2) is 9.97 Å². The zero-order valence-corrected chi connectivity index (χ0v) is 19.1. The van der Waals surface area contributed by atoms with Crippen molar-refractivity contribution in [1.82, 2.24) is 15.3 Å². The Morgan fingerprint density at radius 2 is 1.97 bits per heavy atom. The first kappa shape index (κ1) is 21.7. The normalized spacial score (nSPS) is 20.1. The number of nitrogens with two attached hydrogens (primary N) is 1. The number of benzene rings is 1. The molecule has 0 aliphatic carbocycles. The second-order valence-corrected chi connectivity index (χ2v) is 9.34. The predicted molar refractivity (Wildman–Crippen MR) is 126 cm³/mol. The highest BCUT2D eigenvalue weighted by Gasteiger charge is 2.32. The minimum Gasteiger partial charge on any atom is -0.487 e.